The maximum absolute atomic E-state index is 3.72. The zero-order valence-corrected chi connectivity index (χ0v) is 11.0. The minimum atomic E-state index is 0.745. The van der Waals surface area contributed by atoms with Crippen molar-refractivity contribution in [2.75, 3.05) is 19.6 Å². The van der Waals surface area contributed by atoms with Crippen molar-refractivity contribution in [3.63, 3.8) is 0 Å². The van der Waals surface area contributed by atoms with Gasteiger partial charge in [0.05, 0.1) is 0 Å². The monoisotopic (exact) mass is 224 g/mol. The highest BCUT2D eigenvalue weighted by molar-refractivity contribution is 4.83. The van der Waals surface area contributed by atoms with Crippen molar-refractivity contribution in [3.05, 3.63) is 0 Å². The van der Waals surface area contributed by atoms with Crippen LogP contribution < -0.4 is 5.32 Å². The van der Waals surface area contributed by atoms with Crippen molar-refractivity contribution >= 4 is 0 Å². The third kappa shape index (κ3) is 3.21. The van der Waals surface area contributed by atoms with E-state index in [4.69, 9.17) is 0 Å². The number of nitrogens with one attached hydrogen (secondary N) is 1. The fraction of sp³-hybridized carbons (Fsp3) is 1.00. The van der Waals surface area contributed by atoms with Crippen LogP contribution >= 0.6 is 0 Å². The molecule has 0 aliphatic carbocycles. The standard InChI is InChI=1S/C14H28N2/c1-12-7-6-9-15-14(12)11-16-10-5-3-4-8-13(16)2/h12-15H,3-11H2,1-2H3. The average Bonchev–Trinajstić information content (AvgIpc) is 2.48. The van der Waals surface area contributed by atoms with Gasteiger partial charge in [0.15, 0.2) is 0 Å². The molecule has 0 saturated carbocycles. The molecule has 0 amide bonds. The highest BCUT2D eigenvalue weighted by atomic mass is 15.2. The molecule has 0 spiro atoms. The van der Waals surface area contributed by atoms with E-state index in [-0.39, 0.29) is 0 Å². The number of likely N-dealkylation sites (tertiary alicyclic amines) is 1. The molecule has 2 nitrogen and oxygen atoms in total. The van der Waals surface area contributed by atoms with Gasteiger partial charge in [0, 0.05) is 18.6 Å². The fourth-order valence-electron chi connectivity index (χ4n) is 3.22. The molecular weight excluding hydrogens is 196 g/mol. The minimum absolute atomic E-state index is 0.745. The Morgan fingerprint density at radius 2 is 1.94 bits per heavy atom. The van der Waals surface area contributed by atoms with Gasteiger partial charge in [-0.1, -0.05) is 19.8 Å². The van der Waals surface area contributed by atoms with Gasteiger partial charge in [-0.15, -0.1) is 0 Å². The van der Waals surface area contributed by atoms with Crippen LogP contribution in [-0.4, -0.2) is 36.6 Å². The highest BCUT2D eigenvalue weighted by Gasteiger charge is 2.25. The lowest BCUT2D eigenvalue weighted by Gasteiger charge is -2.36. The van der Waals surface area contributed by atoms with E-state index in [1.807, 2.05) is 0 Å². The Kier molecular flexibility index (Phi) is 4.66. The maximum Gasteiger partial charge on any atom is 0.0220 e. The van der Waals surface area contributed by atoms with Gasteiger partial charge in [-0.3, -0.25) is 4.90 Å². The van der Waals surface area contributed by atoms with Crippen LogP contribution in [0.2, 0.25) is 0 Å². The third-order valence-electron chi connectivity index (χ3n) is 4.55. The van der Waals surface area contributed by atoms with Crippen LogP contribution in [0.15, 0.2) is 0 Å². The van der Waals surface area contributed by atoms with Crippen LogP contribution in [0, 0.1) is 5.92 Å². The van der Waals surface area contributed by atoms with Gasteiger partial charge < -0.3 is 5.32 Å². The van der Waals surface area contributed by atoms with Crippen molar-refractivity contribution in [1.82, 2.24) is 10.2 Å². The molecule has 2 rings (SSSR count). The zero-order valence-electron chi connectivity index (χ0n) is 11.0. The molecule has 2 aliphatic rings. The van der Waals surface area contributed by atoms with E-state index in [1.54, 1.807) is 0 Å². The molecule has 0 radical (unpaired) electrons. The number of piperidine rings is 1. The molecule has 3 atom stereocenters. The second-order valence-corrected chi connectivity index (χ2v) is 5.87. The van der Waals surface area contributed by atoms with Gasteiger partial charge in [-0.05, 0) is 51.6 Å². The van der Waals surface area contributed by atoms with Crippen molar-refractivity contribution < 1.29 is 0 Å². The van der Waals surface area contributed by atoms with Crippen molar-refractivity contribution in [2.24, 2.45) is 5.92 Å². The van der Waals surface area contributed by atoms with E-state index < -0.39 is 0 Å². The summed E-state index contributed by atoms with van der Waals surface area (Å²) in [5.74, 6) is 0.865. The average molecular weight is 224 g/mol. The number of hydrogen-bond acceptors (Lipinski definition) is 2. The first-order chi connectivity index (χ1) is 7.77. The lowest BCUT2D eigenvalue weighted by Crippen LogP contribution is -2.49. The SMILES string of the molecule is CC1CCCNC1CN1CCCCCC1C. The Labute approximate surface area is 101 Å². The largest absolute Gasteiger partial charge is 0.312 e. The van der Waals surface area contributed by atoms with Gasteiger partial charge >= 0.3 is 0 Å². The molecule has 2 heteroatoms. The summed E-state index contributed by atoms with van der Waals surface area (Å²) in [5.41, 5.74) is 0. The Morgan fingerprint density at radius 3 is 2.75 bits per heavy atom. The molecule has 0 aromatic rings. The quantitative estimate of drug-likeness (QED) is 0.776. The molecule has 94 valence electrons. The first-order valence-electron chi connectivity index (χ1n) is 7.25. The smallest absolute Gasteiger partial charge is 0.0220 e. The molecule has 3 unspecified atom stereocenters. The maximum atomic E-state index is 3.72. The van der Waals surface area contributed by atoms with E-state index in [0.717, 1.165) is 18.0 Å². The second-order valence-electron chi connectivity index (χ2n) is 5.87. The van der Waals surface area contributed by atoms with E-state index >= 15 is 0 Å². The van der Waals surface area contributed by atoms with Crippen molar-refractivity contribution in [1.29, 1.82) is 0 Å². The Morgan fingerprint density at radius 1 is 1.06 bits per heavy atom. The van der Waals surface area contributed by atoms with Crippen LogP contribution in [0.1, 0.15) is 52.4 Å². The summed E-state index contributed by atoms with van der Waals surface area (Å²) in [7, 11) is 0. The normalized spacial score (nSPS) is 38.2. The topological polar surface area (TPSA) is 15.3 Å². The van der Waals surface area contributed by atoms with Crippen molar-refractivity contribution in [3.8, 4) is 0 Å². The van der Waals surface area contributed by atoms with E-state index in [9.17, 15) is 0 Å². The summed E-state index contributed by atoms with van der Waals surface area (Å²) < 4.78 is 0. The molecule has 2 aliphatic heterocycles. The van der Waals surface area contributed by atoms with Crippen LogP contribution in [0.5, 0.6) is 0 Å². The van der Waals surface area contributed by atoms with E-state index in [2.05, 4.69) is 24.1 Å². The summed E-state index contributed by atoms with van der Waals surface area (Å²) in [6.07, 6.45) is 8.47. The van der Waals surface area contributed by atoms with Crippen LogP contribution in [0.3, 0.4) is 0 Å². The van der Waals surface area contributed by atoms with Crippen LogP contribution in [0.25, 0.3) is 0 Å². The van der Waals surface area contributed by atoms with Gasteiger partial charge in [-0.25, -0.2) is 0 Å². The van der Waals surface area contributed by atoms with Crippen LogP contribution in [-0.2, 0) is 0 Å². The number of hydrogen-bond donors (Lipinski definition) is 1. The molecule has 16 heavy (non-hydrogen) atoms. The lowest BCUT2D eigenvalue weighted by molar-refractivity contribution is 0.156. The highest BCUT2D eigenvalue weighted by Crippen LogP contribution is 2.21. The predicted molar refractivity (Wildman–Crippen MR) is 69.7 cm³/mol. The first kappa shape index (κ1) is 12.4. The lowest BCUT2D eigenvalue weighted by atomic mass is 9.92. The summed E-state index contributed by atoms with van der Waals surface area (Å²) in [4.78, 5) is 2.73. The Hall–Kier alpha value is -0.0800. The first-order valence-corrected chi connectivity index (χ1v) is 7.25. The summed E-state index contributed by atoms with van der Waals surface area (Å²) in [5, 5.41) is 3.72. The number of rotatable bonds is 2. The second kappa shape index (κ2) is 6.02. The van der Waals surface area contributed by atoms with Gasteiger partial charge in [0.2, 0.25) is 0 Å². The zero-order chi connectivity index (χ0) is 11.4. The third-order valence-corrected chi connectivity index (χ3v) is 4.55. The minimum Gasteiger partial charge on any atom is -0.312 e. The molecule has 2 saturated heterocycles. The summed E-state index contributed by atoms with van der Waals surface area (Å²) in [6, 6.07) is 1.55. The molecular formula is C14H28N2. The molecule has 0 aromatic carbocycles. The molecule has 0 bridgehead atoms. The molecule has 2 fully saturated rings. The molecule has 0 aromatic heterocycles. The molecule has 2 heterocycles. The summed E-state index contributed by atoms with van der Waals surface area (Å²) in [6.45, 7) is 8.67. The van der Waals surface area contributed by atoms with Crippen LogP contribution in [0.4, 0.5) is 0 Å². The Balaban J connectivity index is 1.86. The molecule has 1 N–H and O–H groups in total. The van der Waals surface area contributed by atoms with E-state index in [1.165, 1.54) is 58.2 Å². The van der Waals surface area contributed by atoms with Gasteiger partial charge in [0.1, 0.15) is 0 Å². The van der Waals surface area contributed by atoms with Crippen molar-refractivity contribution in [2.45, 2.75) is 64.5 Å². The van der Waals surface area contributed by atoms with Gasteiger partial charge in [-0.2, -0.15) is 0 Å². The summed E-state index contributed by atoms with van der Waals surface area (Å²) >= 11 is 0. The fourth-order valence-corrected chi connectivity index (χ4v) is 3.22. The van der Waals surface area contributed by atoms with Gasteiger partial charge in [0.25, 0.3) is 0 Å². The Bertz CT molecular complexity index is 205. The number of nitrogens with zero attached hydrogens (tertiary/aromatic N) is 1. The predicted octanol–water partition coefficient (Wildman–Crippen LogP) is 2.64. The van der Waals surface area contributed by atoms with E-state index in [0.29, 0.717) is 0 Å².